The minimum atomic E-state index is -0.431. The summed E-state index contributed by atoms with van der Waals surface area (Å²) in [5.74, 6) is 0.780. The molecule has 0 radical (unpaired) electrons. The van der Waals surface area contributed by atoms with Gasteiger partial charge in [0.05, 0.1) is 4.47 Å². The number of benzene rings is 2. The van der Waals surface area contributed by atoms with E-state index >= 15 is 0 Å². The van der Waals surface area contributed by atoms with E-state index in [1.165, 1.54) is 5.56 Å². The van der Waals surface area contributed by atoms with Crippen molar-refractivity contribution in [3.63, 3.8) is 0 Å². The Kier molecular flexibility index (Phi) is 5.70. The quantitative estimate of drug-likeness (QED) is 0.521. The number of carbonyl (C=O) groups excluding carboxylic acids is 1. The van der Waals surface area contributed by atoms with Gasteiger partial charge in [0.15, 0.2) is 6.61 Å². The van der Waals surface area contributed by atoms with Crippen molar-refractivity contribution in [2.24, 2.45) is 0 Å². The molecule has 24 heavy (non-hydrogen) atoms. The normalized spacial score (nSPS) is 11.2. The molecule has 0 aromatic heterocycles. The molecule has 4 heteroatoms. The SMILES string of the molecule is Cc1ccc(OC(=O)COc2ccc(C)cc2C(C)(C)C)c(Br)c1. The molecular formula is C20H23BrO3. The summed E-state index contributed by atoms with van der Waals surface area (Å²) < 4.78 is 11.8. The Morgan fingerprint density at radius 3 is 2.17 bits per heavy atom. The van der Waals surface area contributed by atoms with Gasteiger partial charge in [-0.25, -0.2) is 4.79 Å². The van der Waals surface area contributed by atoms with Crippen molar-refractivity contribution in [3.8, 4) is 11.5 Å². The third kappa shape index (κ3) is 4.84. The van der Waals surface area contributed by atoms with Crippen molar-refractivity contribution in [2.45, 2.75) is 40.0 Å². The highest BCUT2D eigenvalue weighted by Gasteiger charge is 2.20. The summed E-state index contributed by atoms with van der Waals surface area (Å²) >= 11 is 3.40. The second kappa shape index (κ2) is 7.39. The van der Waals surface area contributed by atoms with Gasteiger partial charge in [-0.2, -0.15) is 0 Å². The van der Waals surface area contributed by atoms with Crippen LogP contribution in [-0.4, -0.2) is 12.6 Å². The zero-order valence-electron chi connectivity index (χ0n) is 14.8. The van der Waals surface area contributed by atoms with Crippen molar-refractivity contribution in [1.82, 2.24) is 0 Å². The number of ether oxygens (including phenoxy) is 2. The van der Waals surface area contributed by atoms with Gasteiger partial charge >= 0.3 is 5.97 Å². The topological polar surface area (TPSA) is 35.5 Å². The van der Waals surface area contributed by atoms with E-state index in [9.17, 15) is 4.79 Å². The predicted molar refractivity (Wildman–Crippen MR) is 99.9 cm³/mol. The van der Waals surface area contributed by atoms with E-state index < -0.39 is 5.97 Å². The molecule has 0 unspecified atom stereocenters. The summed E-state index contributed by atoms with van der Waals surface area (Å²) in [6.07, 6.45) is 0. The maximum Gasteiger partial charge on any atom is 0.349 e. The van der Waals surface area contributed by atoms with Crippen LogP contribution in [0.1, 0.15) is 37.5 Å². The molecule has 0 heterocycles. The molecule has 2 aromatic rings. The zero-order valence-corrected chi connectivity index (χ0v) is 16.4. The highest BCUT2D eigenvalue weighted by atomic mass is 79.9. The number of hydrogen-bond acceptors (Lipinski definition) is 3. The van der Waals surface area contributed by atoms with E-state index in [1.54, 1.807) is 6.07 Å². The molecule has 3 nitrogen and oxygen atoms in total. The van der Waals surface area contributed by atoms with E-state index in [-0.39, 0.29) is 12.0 Å². The molecule has 0 N–H and O–H groups in total. The number of carbonyl (C=O) groups is 1. The highest BCUT2D eigenvalue weighted by molar-refractivity contribution is 9.10. The third-order valence-corrected chi connectivity index (χ3v) is 4.22. The lowest BCUT2D eigenvalue weighted by atomic mass is 9.85. The van der Waals surface area contributed by atoms with Crippen LogP contribution in [0.25, 0.3) is 0 Å². The molecule has 0 saturated heterocycles. The first-order valence-corrected chi connectivity index (χ1v) is 8.67. The van der Waals surface area contributed by atoms with Gasteiger partial charge in [0, 0.05) is 0 Å². The summed E-state index contributed by atoms with van der Waals surface area (Å²) in [5.41, 5.74) is 3.27. The Hall–Kier alpha value is -1.81. The monoisotopic (exact) mass is 390 g/mol. The number of esters is 1. The third-order valence-electron chi connectivity index (χ3n) is 3.60. The number of hydrogen-bond donors (Lipinski definition) is 0. The van der Waals surface area contributed by atoms with Gasteiger partial charge in [-0.1, -0.05) is 44.5 Å². The van der Waals surface area contributed by atoms with Crippen molar-refractivity contribution < 1.29 is 14.3 Å². The maximum atomic E-state index is 12.1. The van der Waals surface area contributed by atoms with Crippen LogP contribution in [0.5, 0.6) is 11.5 Å². The molecular weight excluding hydrogens is 368 g/mol. The molecule has 0 aliphatic rings. The lowest BCUT2D eigenvalue weighted by Crippen LogP contribution is -2.20. The van der Waals surface area contributed by atoms with Gasteiger partial charge in [0.1, 0.15) is 11.5 Å². The zero-order chi connectivity index (χ0) is 17.9. The molecule has 0 amide bonds. The summed E-state index contributed by atoms with van der Waals surface area (Å²) in [4.78, 5) is 12.1. The van der Waals surface area contributed by atoms with Gasteiger partial charge in [-0.15, -0.1) is 0 Å². The van der Waals surface area contributed by atoms with Crippen LogP contribution in [0.15, 0.2) is 40.9 Å². The molecule has 0 aliphatic carbocycles. The highest BCUT2D eigenvalue weighted by Crippen LogP contribution is 2.32. The summed E-state index contributed by atoms with van der Waals surface area (Å²) in [6, 6.07) is 11.5. The van der Waals surface area contributed by atoms with E-state index in [0.29, 0.717) is 11.5 Å². The Labute approximate surface area is 152 Å². The molecule has 2 rings (SSSR count). The molecule has 128 valence electrons. The second-order valence-corrected chi connectivity index (χ2v) is 7.80. The van der Waals surface area contributed by atoms with Crippen molar-refractivity contribution >= 4 is 21.9 Å². The largest absolute Gasteiger partial charge is 0.482 e. The fourth-order valence-electron chi connectivity index (χ4n) is 2.33. The van der Waals surface area contributed by atoms with Crippen LogP contribution < -0.4 is 9.47 Å². The van der Waals surface area contributed by atoms with Gasteiger partial charge in [0.25, 0.3) is 0 Å². The minimum Gasteiger partial charge on any atom is -0.482 e. The fraction of sp³-hybridized carbons (Fsp3) is 0.350. The minimum absolute atomic E-state index is 0.0642. The second-order valence-electron chi connectivity index (χ2n) is 6.95. The first-order valence-electron chi connectivity index (χ1n) is 7.87. The van der Waals surface area contributed by atoms with Gasteiger partial charge in [0.2, 0.25) is 0 Å². The molecule has 0 fully saturated rings. The lowest BCUT2D eigenvalue weighted by molar-refractivity contribution is -0.136. The van der Waals surface area contributed by atoms with Crippen LogP contribution >= 0.6 is 15.9 Å². The fourth-order valence-corrected chi connectivity index (χ4v) is 2.91. The summed E-state index contributed by atoms with van der Waals surface area (Å²) in [7, 11) is 0. The van der Waals surface area contributed by atoms with E-state index in [0.717, 1.165) is 15.6 Å². The first-order chi connectivity index (χ1) is 11.2. The van der Waals surface area contributed by atoms with Gasteiger partial charge in [-0.05, 0) is 64.5 Å². The Bertz CT molecular complexity index is 745. The summed E-state index contributed by atoms with van der Waals surface area (Å²) in [5, 5.41) is 0. The van der Waals surface area contributed by atoms with Crippen LogP contribution in [0.2, 0.25) is 0 Å². The van der Waals surface area contributed by atoms with Crippen LogP contribution in [0.3, 0.4) is 0 Å². The van der Waals surface area contributed by atoms with Gasteiger partial charge < -0.3 is 9.47 Å². The molecule has 0 saturated carbocycles. The average Bonchev–Trinajstić information content (AvgIpc) is 2.48. The van der Waals surface area contributed by atoms with E-state index in [2.05, 4.69) is 42.8 Å². The van der Waals surface area contributed by atoms with Gasteiger partial charge in [-0.3, -0.25) is 0 Å². The molecule has 0 spiro atoms. The predicted octanol–water partition coefficient (Wildman–Crippen LogP) is 5.35. The lowest BCUT2D eigenvalue weighted by Gasteiger charge is -2.23. The molecule has 0 aliphatic heterocycles. The van der Waals surface area contributed by atoms with Crippen molar-refractivity contribution in [1.29, 1.82) is 0 Å². The summed E-state index contributed by atoms with van der Waals surface area (Å²) in [6.45, 7) is 10.3. The Morgan fingerprint density at radius 1 is 1.00 bits per heavy atom. The molecule has 0 atom stereocenters. The molecule has 0 bridgehead atoms. The van der Waals surface area contributed by atoms with Crippen LogP contribution in [-0.2, 0) is 10.2 Å². The number of rotatable bonds is 4. The van der Waals surface area contributed by atoms with E-state index in [1.807, 2.05) is 38.1 Å². The number of aryl methyl sites for hydroxylation is 2. The first kappa shape index (κ1) is 18.5. The molecule has 2 aromatic carbocycles. The van der Waals surface area contributed by atoms with Crippen LogP contribution in [0, 0.1) is 13.8 Å². The van der Waals surface area contributed by atoms with Crippen molar-refractivity contribution in [3.05, 3.63) is 57.6 Å². The van der Waals surface area contributed by atoms with Crippen LogP contribution in [0.4, 0.5) is 0 Å². The maximum absolute atomic E-state index is 12.1. The smallest absolute Gasteiger partial charge is 0.349 e. The Morgan fingerprint density at radius 2 is 1.58 bits per heavy atom. The average molecular weight is 391 g/mol. The standard InChI is InChI=1S/C20H23BrO3/c1-13-6-8-17(15(10-13)20(3,4)5)23-12-19(22)24-18-9-7-14(2)11-16(18)21/h6-11H,12H2,1-5H3. The van der Waals surface area contributed by atoms with E-state index in [4.69, 9.17) is 9.47 Å². The Balaban J connectivity index is 2.07. The van der Waals surface area contributed by atoms with Crippen molar-refractivity contribution in [2.75, 3.05) is 6.61 Å². The number of halogens is 1.